The molecule has 4 heteroatoms. The molecule has 0 fully saturated rings. The summed E-state index contributed by atoms with van der Waals surface area (Å²) in [7, 11) is 1.80. The van der Waals surface area contributed by atoms with Gasteiger partial charge < -0.3 is 12.4 Å². The number of thioether (sulfide) groups is 1. The maximum atomic E-state index is 5.24. The lowest BCUT2D eigenvalue weighted by molar-refractivity contribution is -0.417. The molecular weight excluding hydrogens is 132 g/mol. The Labute approximate surface area is 54.0 Å². The second-order valence-electron chi connectivity index (χ2n) is 0.818. The smallest absolute Gasteiger partial charge is 0.301 e. The van der Waals surface area contributed by atoms with E-state index < -0.39 is 0 Å². The maximum absolute atomic E-state index is 5.24. The van der Waals surface area contributed by atoms with Crippen LogP contribution in [0.2, 0.25) is 0 Å². The third-order valence-corrected chi connectivity index (χ3v) is 1.11. The van der Waals surface area contributed by atoms with E-state index in [4.69, 9.17) is 5.73 Å². The zero-order valence-corrected chi connectivity index (χ0v) is 5.94. The third-order valence-electron chi connectivity index (χ3n) is 0.466. The molecule has 0 aliphatic carbocycles. The van der Waals surface area contributed by atoms with E-state index in [0.29, 0.717) is 0 Å². The van der Waals surface area contributed by atoms with Crippen LogP contribution in [-0.2, 0) is 0 Å². The van der Waals surface area contributed by atoms with Gasteiger partial charge in [0, 0.05) is 0 Å². The maximum Gasteiger partial charge on any atom is 0.301 e. The van der Waals surface area contributed by atoms with Crippen molar-refractivity contribution in [3.05, 3.63) is 0 Å². The van der Waals surface area contributed by atoms with Crippen LogP contribution in [0.25, 0.3) is 0 Å². The van der Waals surface area contributed by atoms with Gasteiger partial charge in [0.1, 0.15) is 0 Å². The van der Waals surface area contributed by atoms with Gasteiger partial charge in [-0.15, -0.1) is 0 Å². The first-order chi connectivity index (χ1) is 2.81. The van der Waals surface area contributed by atoms with Crippen molar-refractivity contribution in [1.82, 2.24) is 0 Å². The summed E-state index contributed by atoms with van der Waals surface area (Å²) in [6, 6.07) is 0. The summed E-state index contributed by atoms with van der Waals surface area (Å²) in [6.45, 7) is 0. The highest BCUT2D eigenvalue weighted by Gasteiger charge is 1.84. The minimum atomic E-state index is 0. The van der Waals surface area contributed by atoms with Gasteiger partial charge in [-0.2, -0.15) is 0 Å². The highest BCUT2D eigenvalue weighted by atomic mass is 35.5. The first kappa shape index (κ1) is 10.2. The molecule has 0 saturated carbocycles. The van der Waals surface area contributed by atoms with E-state index in [1.165, 1.54) is 11.8 Å². The fourth-order valence-electron chi connectivity index (χ4n) is 0.102. The summed E-state index contributed by atoms with van der Waals surface area (Å²) >= 11 is 1.51. The summed E-state index contributed by atoms with van der Waals surface area (Å²) in [6.07, 6.45) is 1.92. The SMILES string of the molecule is C[NH+]=C(N)SC.[Cl-]. The van der Waals surface area contributed by atoms with Crippen molar-refractivity contribution in [1.29, 1.82) is 0 Å². The molecule has 0 aromatic rings. The van der Waals surface area contributed by atoms with Gasteiger partial charge in [-0.25, -0.2) is 0 Å². The Kier molecular flexibility index (Phi) is 8.87. The van der Waals surface area contributed by atoms with E-state index >= 15 is 0 Å². The minimum Gasteiger partial charge on any atom is -1.00 e. The van der Waals surface area contributed by atoms with Crippen LogP contribution in [0.15, 0.2) is 0 Å². The molecule has 3 N–H and O–H groups in total. The normalized spacial score (nSPS) is 10.3. The van der Waals surface area contributed by atoms with Crippen molar-refractivity contribution < 1.29 is 17.4 Å². The van der Waals surface area contributed by atoms with Crippen molar-refractivity contribution >= 4 is 16.9 Å². The Bertz CT molecular complexity index is 64.0. The van der Waals surface area contributed by atoms with Crippen molar-refractivity contribution in [2.24, 2.45) is 5.73 Å². The van der Waals surface area contributed by atoms with Gasteiger partial charge in [0.15, 0.2) is 0 Å². The number of amidine groups is 1. The molecule has 0 atom stereocenters. The fourth-order valence-corrected chi connectivity index (χ4v) is 0.306. The number of halogens is 1. The number of hydrogen-bond acceptors (Lipinski definition) is 1. The zero-order chi connectivity index (χ0) is 4.99. The average Bonchev–Trinajstić information content (AvgIpc) is 1.65. The van der Waals surface area contributed by atoms with E-state index in [-0.39, 0.29) is 12.4 Å². The average molecular weight is 141 g/mol. The topological polar surface area (TPSA) is 40.0 Å². The third kappa shape index (κ3) is 6.11. The molecule has 0 bridgehead atoms. The van der Waals surface area contributed by atoms with Gasteiger partial charge in [-0.3, -0.25) is 10.7 Å². The molecule has 0 aliphatic rings. The molecule has 0 radical (unpaired) electrons. The Morgan fingerprint density at radius 3 is 2.14 bits per heavy atom. The standard InChI is InChI=1S/C3H8N2S.ClH/c1-5-3(4)6-2;/h1-2H3,(H2,4,5);1H. The molecule has 2 nitrogen and oxygen atoms in total. The molecule has 0 unspecified atom stereocenters. The lowest BCUT2D eigenvalue weighted by Crippen LogP contribution is -3.00. The Morgan fingerprint density at radius 1 is 1.71 bits per heavy atom. The number of nitrogens with two attached hydrogens (primary N) is 1. The van der Waals surface area contributed by atoms with Gasteiger partial charge in [-0.05, 0) is 18.0 Å². The van der Waals surface area contributed by atoms with Crippen LogP contribution in [-0.4, -0.2) is 18.5 Å². The quantitative estimate of drug-likeness (QED) is 0.263. The lowest BCUT2D eigenvalue weighted by Gasteiger charge is -1.76. The minimum absolute atomic E-state index is 0. The molecular formula is C3H9ClN2S. The second kappa shape index (κ2) is 6.11. The van der Waals surface area contributed by atoms with Crippen LogP contribution in [0.5, 0.6) is 0 Å². The highest BCUT2D eigenvalue weighted by Crippen LogP contribution is 1.79. The zero-order valence-electron chi connectivity index (χ0n) is 4.36. The van der Waals surface area contributed by atoms with E-state index in [1.54, 1.807) is 7.05 Å². The summed E-state index contributed by atoms with van der Waals surface area (Å²) in [5.74, 6) is 0. The monoisotopic (exact) mass is 140 g/mol. The molecule has 0 saturated heterocycles. The van der Waals surface area contributed by atoms with Gasteiger partial charge in [0.2, 0.25) is 0 Å². The van der Waals surface area contributed by atoms with Crippen LogP contribution in [0, 0.1) is 0 Å². The predicted octanol–water partition coefficient (Wildman–Crippen LogP) is -4.62. The summed E-state index contributed by atoms with van der Waals surface area (Å²) < 4.78 is 0. The molecule has 0 aliphatic heterocycles. The Morgan fingerprint density at radius 2 is 2.14 bits per heavy atom. The van der Waals surface area contributed by atoms with Crippen molar-refractivity contribution in [2.45, 2.75) is 0 Å². The number of nitrogens with one attached hydrogen (secondary N) is 1. The van der Waals surface area contributed by atoms with Crippen LogP contribution >= 0.6 is 11.8 Å². The van der Waals surface area contributed by atoms with E-state index in [2.05, 4.69) is 4.99 Å². The van der Waals surface area contributed by atoms with Gasteiger partial charge in [-0.1, -0.05) is 0 Å². The molecule has 7 heavy (non-hydrogen) atoms. The van der Waals surface area contributed by atoms with Crippen molar-refractivity contribution in [3.63, 3.8) is 0 Å². The van der Waals surface area contributed by atoms with Gasteiger partial charge >= 0.3 is 5.17 Å². The van der Waals surface area contributed by atoms with Crippen LogP contribution in [0.4, 0.5) is 0 Å². The molecule has 0 rings (SSSR count). The van der Waals surface area contributed by atoms with Crippen molar-refractivity contribution in [2.75, 3.05) is 13.3 Å². The highest BCUT2D eigenvalue weighted by molar-refractivity contribution is 8.12. The first-order valence-electron chi connectivity index (χ1n) is 1.65. The Balaban J connectivity index is 0. The van der Waals surface area contributed by atoms with Gasteiger partial charge in [0.05, 0.1) is 7.05 Å². The molecule has 44 valence electrons. The van der Waals surface area contributed by atoms with Crippen molar-refractivity contribution in [3.8, 4) is 0 Å². The van der Waals surface area contributed by atoms with E-state index in [1.807, 2.05) is 6.26 Å². The predicted molar refractivity (Wildman–Crippen MR) is 29.6 cm³/mol. The summed E-state index contributed by atoms with van der Waals surface area (Å²) in [4.78, 5) is 2.77. The summed E-state index contributed by atoms with van der Waals surface area (Å²) in [5, 5.41) is 0.759. The fraction of sp³-hybridized carbons (Fsp3) is 0.667. The van der Waals surface area contributed by atoms with E-state index in [0.717, 1.165) is 5.17 Å². The number of hydrogen-bond donors (Lipinski definition) is 2. The molecule has 0 heterocycles. The van der Waals surface area contributed by atoms with Gasteiger partial charge in [0.25, 0.3) is 0 Å². The largest absolute Gasteiger partial charge is 1.00 e. The van der Waals surface area contributed by atoms with Crippen LogP contribution in [0.1, 0.15) is 0 Å². The molecule has 0 spiro atoms. The second-order valence-corrected chi connectivity index (χ2v) is 1.67. The lowest BCUT2D eigenvalue weighted by atomic mass is 11.3. The molecule has 0 aromatic carbocycles. The van der Waals surface area contributed by atoms with Crippen LogP contribution < -0.4 is 23.1 Å². The Hall–Kier alpha value is 0.110. The van der Waals surface area contributed by atoms with E-state index in [9.17, 15) is 0 Å². The van der Waals surface area contributed by atoms with Crippen LogP contribution in [0.3, 0.4) is 0 Å². The molecule has 0 aromatic heterocycles. The summed E-state index contributed by atoms with van der Waals surface area (Å²) in [5.41, 5.74) is 5.24. The number of rotatable bonds is 0. The first-order valence-corrected chi connectivity index (χ1v) is 2.88. The molecule has 0 amide bonds.